The number of hydrogen-bond acceptors (Lipinski definition) is 5. The van der Waals surface area contributed by atoms with Crippen LogP contribution in [0.1, 0.15) is 15.9 Å². The Morgan fingerprint density at radius 1 is 1.12 bits per heavy atom. The number of thioether (sulfide) groups is 1. The number of nitrogens with zero attached hydrogens (tertiary/aromatic N) is 1. The van der Waals surface area contributed by atoms with Crippen LogP contribution in [0.2, 0.25) is 0 Å². The van der Waals surface area contributed by atoms with Crippen LogP contribution in [0, 0.1) is 6.92 Å². The monoisotopic (exact) mass is 342 g/mol. The maximum absolute atomic E-state index is 12.6. The fraction of sp³-hybridized carbons (Fsp3) is 0.118. The number of carboxylic acid groups (broad SMARTS) is 1. The minimum Gasteiger partial charge on any atom is -0.478 e. The first-order valence-corrected chi connectivity index (χ1v) is 8.05. The molecule has 1 fully saturated rings. The summed E-state index contributed by atoms with van der Waals surface area (Å²) in [6.07, 6.45) is 0. The van der Waals surface area contributed by atoms with Crippen molar-refractivity contribution in [3.8, 4) is 0 Å². The van der Waals surface area contributed by atoms with E-state index < -0.39 is 22.5 Å². The van der Waals surface area contributed by atoms with E-state index in [1.807, 2.05) is 19.1 Å². The van der Waals surface area contributed by atoms with Gasteiger partial charge >= 0.3 is 5.97 Å². The lowest BCUT2D eigenvalue weighted by atomic mass is 10.2. The first-order chi connectivity index (χ1) is 11.5. The molecule has 1 aliphatic rings. The van der Waals surface area contributed by atoms with Crippen LogP contribution in [0.3, 0.4) is 0 Å². The summed E-state index contributed by atoms with van der Waals surface area (Å²) >= 11 is 0.829. The van der Waals surface area contributed by atoms with Gasteiger partial charge in [-0.05, 0) is 43.0 Å². The third kappa shape index (κ3) is 2.98. The van der Waals surface area contributed by atoms with Crippen LogP contribution < -0.4 is 10.2 Å². The van der Waals surface area contributed by atoms with E-state index in [1.165, 1.54) is 6.07 Å². The molecule has 0 aromatic heterocycles. The number of nitrogens with one attached hydrogen (secondary N) is 1. The first-order valence-electron chi connectivity index (χ1n) is 7.17. The molecule has 2 aromatic carbocycles. The fourth-order valence-corrected chi connectivity index (χ4v) is 3.26. The molecular weight excluding hydrogens is 328 g/mol. The summed E-state index contributed by atoms with van der Waals surface area (Å²) in [5.41, 5.74) is 1.87. The highest BCUT2D eigenvalue weighted by Gasteiger charge is 2.41. The molecule has 24 heavy (non-hydrogen) atoms. The third-order valence-electron chi connectivity index (χ3n) is 3.58. The van der Waals surface area contributed by atoms with Crippen molar-refractivity contribution in [2.24, 2.45) is 0 Å². The molecule has 1 aliphatic heterocycles. The van der Waals surface area contributed by atoms with Crippen LogP contribution in [0.4, 0.5) is 16.2 Å². The summed E-state index contributed by atoms with van der Waals surface area (Å²) in [5, 5.41) is 10.8. The lowest BCUT2D eigenvalue weighted by Gasteiger charge is -2.16. The molecule has 0 aliphatic carbocycles. The average Bonchev–Trinajstić information content (AvgIpc) is 2.83. The molecule has 2 amide bonds. The van der Waals surface area contributed by atoms with E-state index in [0.29, 0.717) is 11.4 Å². The van der Waals surface area contributed by atoms with Gasteiger partial charge in [0.25, 0.3) is 11.1 Å². The van der Waals surface area contributed by atoms with Crippen molar-refractivity contribution in [1.82, 2.24) is 0 Å². The minimum absolute atomic E-state index is 0.0483. The van der Waals surface area contributed by atoms with Gasteiger partial charge < -0.3 is 10.4 Å². The van der Waals surface area contributed by atoms with Crippen LogP contribution in [0.25, 0.3) is 0 Å². The Morgan fingerprint density at radius 3 is 2.46 bits per heavy atom. The largest absolute Gasteiger partial charge is 0.478 e. The van der Waals surface area contributed by atoms with Gasteiger partial charge in [-0.25, -0.2) is 9.69 Å². The van der Waals surface area contributed by atoms with E-state index in [2.05, 4.69) is 5.32 Å². The molecule has 1 atom stereocenters. The second-order valence-corrected chi connectivity index (χ2v) is 6.32. The zero-order valence-electron chi connectivity index (χ0n) is 12.7. The van der Waals surface area contributed by atoms with E-state index in [4.69, 9.17) is 0 Å². The Balaban J connectivity index is 1.85. The second-order valence-electron chi connectivity index (χ2n) is 5.27. The zero-order valence-corrected chi connectivity index (χ0v) is 13.5. The minimum atomic E-state index is -1.10. The van der Waals surface area contributed by atoms with Gasteiger partial charge in [-0.1, -0.05) is 29.8 Å². The van der Waals surface area contributed by atoms with Crippen LogP contribution in [-0.2, 0) is 4.79 Å². The predicted octanol–water partition coefficient (Wildman–Crippen LogP) is 3.33. The molecule has 6 nitrogen and oxygen atoms in total. The van der Waals surface area contributed by atoms with E-state index in [-0.39, 0.29) is 5.56 Å². The molecule has 0 radical (unpaired) electrons. The van der Waals surface area contributed by atoms with Crippen molar-refractivity contribution >= 4 is 40.3 Å². The molecule has 0 saturated carbocycles. The normalized spacial score (nSPS) is 17.2. The SMILES string of the molecule is Cc1ccc(N2C(=O)SC(Nc3ccccc3C(=O)O)C2=O)cc1. The molecule has 1 heterocycles. The average molecular weight is 342 g/mol. The van der Waals surface area contributed by atoms with Gasteiger partial charge in [0.2, 0.25) is 0 Å². The van der Waals surface area contributed by atoms with Gasteiger partial charge in [0.05, 0.1) is 11.3 Å². The van der Waals surface area contributed by atoms with Crippen molar-refractivity contribution in [1.29, 1.82) is 0 Å². The highest BCUT2D eigenvalue weighted by Crippen LogP contribution is 2.33. The van der Waals surface area contributed by atoms with Crippen molar-refractivity contribution < 1.29 is 19.5 Å². The van der Waals surface area contributed by atoms with Crippen LogP contribution >= 0.6 is 11.8 Å². The summed E-state index contributed by atoms with van der Waals surface area (Å²) in [6.45, 7) is 1.92. The van der Waals surface area contributed by atoms with Gasteiger partial charge in [-0.2, -0.15) is 0 Å². The topological polar surface area (TPSA) is 86.7 Å². The summed E-state index contributed by atoms with van der Waals surface area (Å²) in [4.78, 5) is 37.1. The van der Waals surface area contributed by atoms with E-state index in [1.54, 1.807) is 30.3 Å². The number of para-hydroxylation sites is 1. The van der Waals surface area contributed by atoms with Crippen LogP contribution in [0.5, 0.6) is 0 Å². The summed E-state index contributed by atoms with van der Waals surface area (Å²) in [6, 6.07) is 13.3. The van der Waals surface area contributed by atoms with Gasteiger partial charge in [-0.3, -0.25) is 9.59 Å². The Bertz CT molecular complexity index is 820. The Kier molecular flexibility index (Phi) is 4.26. The number of amides is 2. The van der Waals surface area contributed by atoms with Crippen LogP contribution in [0.15, 0.2) is 48.5 Å². The van der Waals surface area contributed by atoms with Crippen molar-refractivity contribution in [3.05, 3.63) is 59.7 Å². The number of aryl methyl sites for hydroxylation is 1. The van der Waals surface area contributed by atoms with E-state index in [0.717, 1.165) is 22.2 Å². The lowest BCUT2D eigenvalue weighted by Crippen LogP contribution is -2.34. The standard InChI is InChI=1S/C17H14N2O4S/c1-10-6-8-11(9-7-10)19-15(20)14(24-17(19)23)18-13-5-3-2-4-12(13)16(21)22/h2-9,14,18H,1H3,(H,21,22). The summed E-state index contributed by atoms with van der Waals surface area (Å²) in [7, 11) is 0. The number of hydrogen-bond donors (Lipinski definition) is 2. The fourth-order valence-electron chi connectivity index (χ4n) is 2.37. The number of aromatic carboxylic acids is 1. The quantitative estimate of drug-likeness (QED) is 0.886. The lowest BCUT2D eigenvalue weighted by molar-refractivity contribution is -0.116. The predicted molar refractivity (Wildman–Crippen MR) is 92.5 cm³/mol. The number of benzene rings is 2. The molecule has 7 heteroatoms. The van der Waals surface area contributed by atoms with E-state index >= 15 is 0 Å². The molecule has 2 aromatic rings. The number of carbonyl (C=O) groups is 3. The van der Waals surface area contributed by atoms with Crippen molar-refractivity contribution in [2.75, 3.05) is 10.2 Å². The van der Waals surface area contributed by atoms with Crippen LogP contribution in [-0.4, -0.2) is 27.6 Å². The second kappa shape index (κ2) is 6.37. The van der Waals surface area contributed by atoms with Gasteiger partial charge in [0.15, 0.2) is 5.37 Å². The number of carbonyl (C=O) groups excluding carboxylic acids is 2. The Labute approximate surface area is 142 Å². The number of imide groups is 1. The van der Waals surface area contributed by atoms with E-state index in [9.17, 15) is 19.5 Å². The maximum Gasteiger partial charge on any atom is 0.337 e. The third-order valence-corrected chi connectivity index (χ3v) is 4.52. The Hall–Kier alpha value is -2.80. The maximum atomic E-state index is 12.6. The van der Waals surface area contributed by atoms with Gasteiger partial charge in [-0.15, -0.1) is 0 Å². The molecule has 1 saturated heterocycles. The summed E-state index contributed by atoms with van der Waals surface area (Å²) < 4.78 is 0. The molecule has 122 valence electrons. The highest BCUT2D eigenvalue weighted by atomic mass is 32.2. The van der Waals surface area contributed by atoms with Crippen molar-refractivity contribution in [3.63, 3.8) is 0 Å². The van der Waals surface area contributed by atoms with Crippen molar-refractivity contribution in [2.45, 2.75) is 12.3 Å². The molecule has 0 bridgehead atoms. The number of anilines is 2. The van der Waals surface area contributed by atoms with Gasteiger partial charge in [0.1, 0.15) is 0 Å². The molecular formula is C17H14N2O4S. The smallest absolute Gasteiger partial charge is 0.337 e. The first kappa shape index (κ1) is 16.1. The Morgan fingerprint density at radius 2 is 1.79 bits per heavy atom. The molecule has 3 rings (SSSR count). The summed E-state index contributed by atoms with van der Waals surface area (Å²) in [5.74, 6) is -1.52. The molecule has 0 spiro atoms. The molecule has 1 unspecified atom stereocenters. The molecule has 2 N–H and O–H groups in total. The zero-order chi connectivity index (χ0) is 17.3. The number of carboxylic acids is 1. The number of rotatable bonds is 4. The highest BCUT2D eigenvalue weighted by molar-refractivity contribution is 8.16. The van der Waals surface area contributed by atoms with Gasteiger partial charge in [0, 0.05) is 5.69 Å².